The molecule has 1 amide bonds. The van der Waals surface area contributed by atoms with E-state index in [1.165, 1.54) is 11.1 Å². The van der Waals surface area contributed by atoms with Crippen molar-refractivity contribution in [1.29, 1.82) is 0 Å². The number of carbonyl (C=O) groups is 1. The van der Waals surface area contributed by atoms with Crippen LogP contribution in [0.4, 0.5) is 0 Å². The Hall–Kier alpha value is -3.01. The second-order valence-corrected chi connectivity index (χ2v) is 6.32. The molecule has 0 atom stereocenters. The molecule has 0 bridgehead atoms. The van der Waals surface area contributed by atoms with Gasteiger partial charge in [0.05, 0.1) is 12.2 Å². The summed E-state index contributed by atoms with van der Waals surface area (Å²) in [6.07, 6.45) is 3.81. The highest BCUT2D eigenvalue weighted by atomic mass is 16.2. The number of nitrogens with zero attached hydrogens (tertiary/aromatic N) is 3. The molecule has 0 unspecified atom stereocenters. The highest BCUT2D eigenvalue weighted by molar-refractivity contribution is 5.78. The van der Waals surface area contributed by atoms with Crippen LogP contribution >= 0.6 is 0 Å². The minimum atomic E-state index is 0.0599. The molecular formula is C21H19N3O. The number of aromatic nitrogens is 2. The van der Waals surface area contributed by atoms with Crippen molar-refractivity contribution in [2.24, 2.45) is 0 Å². The molecule has 0 saturated carbocycles. The van der Waals surface area contributed by atoms with Crippen LogP contribution in [0.25, 0.3) is 0 Å². The average Bonchev–Trinajstić information content (AvgIpc) is 3.12. The molecule has 0 aliphatic carbocycles. The number of carbonyl (C=O) groups excluding carboxylic acids is 1. The molecular weight excluding hydrogens is 310 g/mol. The van der Waals surface area contributed by atoms with Gasteiger partial charge < -0.3 is 4.90 Å². The van der Waals surface area contributed by atoms with Crippen LogP contribution in [-0.2, 0) is 17.9 Å². The topological polar surface area (TPSA) is 46.1 Å². The maximum Gasteiger partial charge on any atom is 0.224 e. The Labute approximate surface area is 147 Å². The van der Waals surface area contributed by atoms with E-state index in [4.69, 9.17) is 0 Å². The summed E-state index contributed by atoms with van der Waals surface area (Å²) >= 11 is 0. The Morgan fingerprint density at radius 2 is 1.60 bits per heavy atom. The van der Waals surface area contributed by atoms with Gasteiger partial charge >= 0.3 is 0 Å². The van der Waals surface area contributed by atoms with Gasteiger partial charge in [0.2, 0.25) is 5.91 Å². The molecule has 3 aromatic rings. The number of hydrogen-bond acceptors (Lipinski definition) is 3. The first-order valence-corrected chi connectivity index (χ1v) is 8.46. The van der Waals surface area contributed by atoms with Gasteiger partial charge in [-0.3, -0.25) is 4.79 Å². The maximum absolute atomic E-state index is 12.9. The molecule has 4 rings (SSSR count). The summed E-state index contributed by atoms with van der Waals surface area (Å²) in [7, 11) is 0. The molecule has 0 spiro atoms. The van der Waals surface area contributed by atoms with Gasteiger partial charge in [-0.25, -0.2) is 9.97 Å². The summed E-state index contributed by atoms with van der Waals surface area (Å²) in [4.78, 5) is 23.2. The van der Waals surface area contributed by atoms with Crippen LogP contribution in [-0.4, -0.2) is 20.8 Å². The lowest BCUT2D eigenvalue weighted by atomic mass is 9.88. The van der Waals surface area contributed by atoms with Crippen molar-refractivity contribution in [2.75, 3.05) is 0 Å². The van der Waals surface area contributed by atoms with Crippen LogP contribution in [0.2, 0.25) is 0 Å². The standard InChI is InChI=1S/C21H19N3O/c25-21(24-13-18-12-22-15-23-20(18)14-24)11-19(16-7-3-1-4-8-16)17-9-5-2-6-10-17/h1-10,12,15,19H,11,13-14H2. The second kappa shape index (κ2) is 6.85. The van der Waals surface area contributed by atoms with E-state index in [2.05, 4.69) is 34.2 Å². The Morgan fingerprint density at radius 3 is 2.20 bits per heavy atom. The molecule has 124 valence electrons. The third-order valence-corrected chi connectivity index (χ3v) is 4.72. The van der Waals surface area contributed by atoms with E-state index in [-0.39, 0.29) is 11.8 Å². The molecule has 1 aliphatic rings. The van der Waals surface area contributed by atoms with E-state index in [0.717, 1.165) is 11.3 Å². The van der Waals surface area contributed by atoms with Crippen LogP contribution in [0.5, 0.6) is 0 Å². The zero-order chi connectivity index (χ0) is 17.1. The van der Waals surface area contributed by atoms with Crippen molar-refractivity contribution in [3.63, 3.8) is 0 Å². The second-order valence-electron chi connectivity index (χ2n) is 6.32. The summed E-state index contributed by atoms with van der Waals surface area (Å²) in [5.74, 6) is 0.209. The van der Waals surface area contributed by atoms with Crippen LogP contribution < -0.4 is 0 Å². The van der Waals surface area contributed by atoms with Crippen LogP contribution in [0.1, 0.15) is 34.7 Å². The van der Waals surface area contributed by atoms with E-state index >= 15 is 0 Å². The molecule has 4 nitrogen and oxygen atoms in total. The fourth-order valence-corrected chi connectivity index (χ4v) is 3.38. The Bertz CT molecular complexity index is 800. The van der Waals surface area contributed by atoms with Gasteiger partial charge in [0.25, 0.3) is 0 Å². The van der Waals surface area contributed by atoms with Crippen molar-refractivity contribution in [1.82, 2.24) is 14.9 Å². The number of fused-ring (bicyclic) bond motifs is 1. The van der Waals surface area contributed by atoms with Crippen LogP contribution in [0.3, 0.4) is 0 Å². The maximum atomic E-state index is 12.9. The molecule has 1 aromatic heterocycles. The summed E-state index contributed by atoms with van der Waals surface area (Å²) in [6.45, 7) is 1.18. The molecule has 0 fully saturated rings. The van der Waals surface area contributed by atoms with Gasteiger partial charge in [-0.15, -0.1) is 0 Å². The fourth-order valence-electron chi connectivity index (χ4n) is 3.38. The average molecular weight is 329 g/mol. The van der Waals surface area contributed by atoms with Crippen molar-refractivity contribution in [2.45, 2.75) is 25.4 Å². The van der Waals surface area contributed by atoms with Crippen LogP contribution in [0, 0.1) is 0 Å². The van der Waals surface area contributed by atoms with Gasteiger partial charge in [-0.2, -0.15) is 0 Å². The summed E-state index contributed by atoms with van der Waals surface area (Å²) in [5, 5.41) is 0. The Kier molecular flexibility index (Phi) is 4.25. The monoisotopic (exact) mass is 329 g/mol. The lowest BCUT2D eigenvalue weighted by Gasteiger charge is -2.22. The normalized spacial score (nSPS) is 13.1. The number of benzene rings is 2. The van der Waals surface area contributed by atoms with E-state index in [1.54, 1.807) is 6.33 Å². The van der Waals surface area contributed by atoms with E-state index in [1.807, 2.05) is 47.5 Å². The number of hydrogen-bond donors (Lipinski definition) is 0. The third kappa shape index (κ3) is 3.29. The summed E-state index contributed by atoms with van der Waals surface area (Å²) < 4.78 is 0. The van der Waals surface area contributed by atoms with Crippen molar-refractivity contribution in [3.05, 3.63) is 95.6 Å². The third-order valence-electron chi connectivity index (χ3n) is 4.72. The first kappa shape index (κ1) is 15.5. The molecule has 0 N–H and O–H groups in total. The lowest BCUT2D eigenvalue weighted by molar-refractivity contribution is -0.132. The lowest BCUT2D eigenvalue weighted by Crippen LogP contribution is -2.27. The predicted octanol–water partition coefficient (Wildman–Crippen LogP) is 3.54. The zero-order valence-corrected chi connectivity index (χ0v) is 13.9. The summed E-state index contributed by atoms with van der Waals surface area (Å²) in [5.41, 5.74) is 4.34. The minimum absolute atomic E-state index is 0.0599. The van der Waals surface area contributed by atoms with Crippen molar-refractivity contribution < 1.29 is 4.79 Å². The first-order valence-electron chi connectivity index (χ1n) is 8.46. The molecule has 4 heteroatoms. The Balaban J connectivity index is 1.56. The Morgan fingerprint density at radius 1 is 0.960 bits per heavy atom. The predicted molar refractivity (Wildman–Crippen MR) is 95.6 cm³/mol. The van der Waals surface area contributed by atoms with E-state index < -0.39 is 0 Å². The SMILES string of the molecule is O=C(CC(c1ccccc1)c1ccccc1)N1Cc2cncnc2C1. The highest BCUT2D eigenvalue weighted by Gasteiger charge is 2.27. The van der Waals surface area contributed by atoms with E-state index in [9.17, 15) is 4.79 Å². The van der Waals surface area contributed by atoms with Gasteiger partial charge in [0, 0.05) is 30.6 Å². The number of rotatable bonds is 4. The van der Waals surface area contributed by atoms with Crippen LogP contribution in [0.15, 0.2) is 73.2 Å². The summed E-state index contributed by atoms with van der Waals surface area (Å²) in [6, 6.07) is 20.5. The molecule has 25 heavy (non-hydrogen) atoms. The molecule has 2 heterocycles. The molecule has 0 radical (unpaired) electrons. The first-order chi connectivity index (χ1) is 12.3. The minimum Gasteiger partial charge on any atom is -0.332 e. The largest absolute Gasteiger partial charge is 0.332 e. The fraction of sp³-hybridized carbons (Fsp3) is 0.190. The van der Waals surface area contributed by atoms with E-state index in [0.29, 0.717) is 19.5 Å². The molecule has 1 aliphatic heterocycles. The van der Waals surface area contributed by atoms with Gasteiger partial charge in [0.1, 0.15) is 6.33 Å². The van der Waals surface area contributed by atoms with Crippen molar-refractivity contribution in [3.8, 4) is 0 Å². The van der Waals surface area contributed by atoms with Crippen molar-refractivity contribution >= 4 is 5.91 Å². The van der Waals surface area contributed by atoms with Gasteiger partial charge in [-0.05, 0) is 11.1 Å². The van der Waals surface area contributed by atoms with Gasteiger partial charge in [0.15, 0.2) is 0 Å². The van der Waals surface area contributed by atoms with Gasteiger partial charge in [-0.1, -0.05) is 60.7 Å². The number of amides is 1. The molecule has 2 aromatic carbocycles. The zero-order valence-electron chi connectivity index (χ0n) is 13.9. The smallest absolute Gasteiger partial charge is 0.224 e. The highest BCUT2D eigenvalue weighted by Crippen LogP contribution is 2.30. The molecule has 0 saturated heterocycles. The quantitative estimate of drug-likeness (QED) is 0.735.